The molecule has 0 radical (unpaired) electrons. The van der Waals surface area contributed by atoms with Crippen molar-refractivity contribution in [2.24, 2.45) is 9.98 Å². The van der Waals surface area contributed by atoms with E-state index in [2.05, 4.69) is 34.3 Å². The van der Waals surface area contributed by atoms with E-state index in [0.29, 0.717) is 0 Å². The van der Waals surface area contributed by atoms with Gasteiger partial charge in [0.15, 0.2) is 12.8 Å². The topological polar surface area (TPSA) is 43.2 Å². The molecule has 4 atom stereocenters. The molecule has 0 aliphatic carbocycles. The van der Waals surface area contributed by atoms with Crippen molar-refractivity contribution in [3.8, 4) is 0 Å². The van der Waals surface area contributed by atoms with Gasteiger partial charge in [0.2, 0.25) is 0 Å². The summed E-state index contributed by atoms with van der Waals surface area (Å²) < 4.78 is 11.5. The molecule has 2 aromatic carbocycles. The molecule has 25 heavy (non-hydrogen) atoms. The maximum absolute atomic E-state index is 5.73. The molecule has 4 nitrogen and oxygen atoms in total. The standard InChI is InChI=1S/C21H22N2O2/c1-3-8-16(9-4-1)20-18(24-14-22-20)12-7-13-19-21(23-15-25-19)17-10-5-2-6-11-17/h1-6,8-11,14-15,18-21H,7,12-13H2. The Morgan fingerprint density at radius 2 is 1.08 bits per heavy atom. The van der Waals surface area contributed by atoms with E-state index in [1.165, 1.54) is 11.1 Å². The van der Waals surface area contributed by atoms with E-state index in [0.717, 1.165) is 19.3 Å². The quantitative estimate of drug-likeness (QED) is 0.781. The fraction of sp³-hybridized carbons (Fsp3) is 0.333. The van der Waals surface area contributed by atoms with Crippen LogP contribution < -0.4 is 0 Å². The molecule has 2 aliphatic rings. The molecule has 0 saturated carbocycles. The molecular weight excluding hydrogens is 312 g/mol. The lowest BCUT2D eigenvalue weighted by atomic mass is 9.95. The Morgan fingerprint density at radius 3 is 1.52 bits per heavy atom. The number of hydrogen-bond acceptors (Lipinski definition) is 4. The van der Waals surface area contributed by atoms with Crippen molar-refractivity contribution < 1.29 is 9.47 Å². The summed E-state index contributed by atoms with van der Waals surface area (Å²) in [5, 5.41) is 0. The minimum atomic E-state index is 0.104. The maximum atomic E-state index is 5.73. The second-order valence-electron chi connectivity index (χ2n) is 6.50. The first-order chi connectivity index (χ1) is 12.4. The summed E-state index contributed by atoms with van der Waals surface area (Å²) in [6.07, 6.45) is 6.37. The summed E-state index contributed by atoms with van der Waals surface area (Å²) in [7, 11) is 0. The molecule has 4 heteroatoms. The van der Waals surface area contributed by atoms with Gasteiger partial charge in [-0.05, 0) is 30.4 Å². The van der Waals surface area contributed by atoms with Crippen molar-refractivity contribution in [2.45, 2.75) is 43.6 Å². The Balaban J connectivity index is 1.32. The molecule has 4 unspecified atom stereocenters. The summed E-state index contributed by atoms with van der Waals surface area (Å²) >= 11 is 0. The van der Waals surface area contributed by atoms with Crippen LogP contribution in [0.5, 0.6) is 0 Å². The van der Waals surface area contributed by atoms with Gasteiger partial charge in [-0.1, -0.05) is 60.7 Å². The van der Waals surface area contributed by atoms with Gasteiger partial charge < -0.3 is 9.47 Å². The zero-order valence-corrected chi connectivity index (χ0v) is 14.1. The van der Waals surface area contributed by atoms with Crippen molar-refractivity contribution in [2.75, 3.05) is 0 Å². The lowest BCUT2D eigenvalue weighted by molar-refractivity contribution is 0.156. The Kier molecular flexibility index (Phi) is 4.77. The van der Waals surface area contributed by atoms with Crippen molar-refractivity contribution >= 4 is 12.8 Å². The molecule has 2 aliphatic heterocycles. The Labute approximate surface area is 148 Å². The van der Waals surface area contributed by atoms with Crippen LogP contribution in [0, 0.1) is 0 Å². The third kappa shape index (κ3) is 3.58. The van der Waals surface area contributed by atoms with Crippen LogP contribution in [-0.4, -0.2) is 25.0 Å². The molecule has 2 aromatic rings. The molecular formula is C21H22N2O2. The summed E-state index contributed by atoms with van der Waals surface area (Å²) in [4.78, 5) is 8.99. The van der Waals surface area contributed by atoms with Crippen molar-refractivity contribution in [1.82, 2.24) is 0 Å². The van der Waals surface area contributed by atoms with Gasteiger partial charge in [-0.25, -0.2) is 9.98 Å². The lowest BCUT2D eigenvalue weighted by Gasteiger charge is -2.20. The fourth-order valence-electron chi connectivity index (χ4n) is 3.57. The summed E-state index contributed by atoms with van der Waals surface area (Å²) in [6.45, 7) is 0. The van der Waals surface area contributed by atoms with E-state index in [4.69, 9.17) is 9.47 Å². The van der Waals surface area contributed by atoms with Crippen LogP contribution >= 0.6 is 0 Å². The molecule has 128 valence electrons. The SMILES string of the molecule is C1=NC(c2ccccc2)C(CCCC2OC=NC2c2ccccc2)O1. The predicted octanol–water partition coefficient (Wildman–Crippen LogP) is 4.49. The zero-order chi connectivity index (χ0) is 16.9. The molecule has 0 bridgehead atoms. The van der Waals surface area contributed by atoms with E-state index in [1.807, 2.05) is 36.4 Å². The van der Waals surface area contributed by atoms with Gasteiger partial charge in [0.1, 0.15) is 24.3 Å². The van der Waals surface area contributed by atoms with Crippen LogP contribution in [0.1, 0.15) is 42.5 Å². The second-order valence-corrected chi connectivity index (χ2v) is 6.50. The predicted molar refractivity (Wildman–Crippen MR) is 98.9 cm³/mol. The minimum absolute atomic E-state index is 0.104. The number of benzene rings is 2. The van der Waals surface area contributed by atoms with Crippen LogP contribution in [-0.2, 0) is 9.47 Å². The van der Waals surface area contributed by atoms with Gasteiger partial charge >= 0.3 is 0 Å². The first kappa shape index (κ1) is 15.9. The highest BCUT2D eigenvalue weighted by atomic mass is 16.5. The molecule has 0 saturated heterocycles. The molecule has 0 N–H and O–H groups in total. The highest BCUT2D eigenvalue weighted by Gasteiger charge is 2.30. The summed E-state index contributed by atoms with van der Waals surface area (Å²) in [6, 6.07) is 20.9. The van der Waals surface area contributed by atoms with Gasteiger partial charge in [-0.2, -0.15) is 0 Å². The van der Waals surface area contributed by atoms with Gasteiger partial charge in [-0.15, -0.1) is 0 Å². The maximum Gasteiger partial charge on any atom is 0.170 e. The van der Waals surface area contributed by atoms with E-state index in [9.17, 15) is 0 Å². The lowest BCUT2D eigenvalue weighted by Crippen LogP contribution is -2.19. The van der Waals surface area contributed by atoms with Crippen molar-refractivity contribution in [3.63, 3.8) is 0 Å². The number of hydrogen-bond donors (Lipinski definition) is 0. The Hall–Kier alpha value is -2.62. The molecule has 0 spiro atoms. The fourth-order valence-corrected chi connectivity index (χ4v) is 3.57. The van der Waals surface area contributed by atoms with E-state index in [1.54, 1.807) is 12.8 Å². The Bertz CT molecular complexity index is 667. The minimum Gasteiger partial charge on any atom is -0.478 e. The average molecular weight is 334 g/mol. The largest absolute Gasteiger partial charge is 0.478 e. The number of ether oxygens (including phenoxy) is 2. The molecule has 2 heterocycles. The third-order valence-corrected chi connectivity index (χ3v) is 4.88. The van der Waals surface area contributed by atoms with Crippen molar-refractivity contribution in [1.29, 1.82) is 0 Å². The number of rotatable bonds is 6. The monoisotopic (exact) mass is 334 g/mol. The normalized spacial score (nSPS) is 27.2. The molecule has 0 fully saturated rings. The van der Waals surface area contributed by atoms with E-state index >= 15 is 0 Å². The van der Waals surface area contributed by atoms with E-state index in [-0.39, 0.29) is 24.3 Å². The number of nitrogens with zero attached hydrogens (tertiary/aromatic N) is 2. The summed E-state index contributed by atoms with van der Waals surface area (Å²) in [5.41, 5.74) is 2.42. The third-order valence-electron chi connectivity index (χ3n) is 4.88. The molecule has 0 aromatic heterocycles. The highest BCUT2D eigenvalue weighted by Crippen LogP contribution is 2.33. The van der Waals surface area contributed by atoms with Crippen LogP contribution in [0.15, 0.2) is 70.6 Å². The number of aliphatic imine (C=N–C) groups is 2. The smallest absolute Gasteiger partial charge is 0.170 e. The van der Waals surface area contributed by atoms with Gasteiger partial charge in [0, 0.05) is 0 Å². The van der Waals surface area contributed by atoms with Crippen molar-refractivity contribution in [3.05, 3.63) is 71.8 Å². The van der Waals surface area contributed by atoms with Crippen LogP contribution in [0.3, 0.4) is 0 Å². The first-order valence-corrected chi connectivity index (χ1v) is 8.86. The van der Waals surface area contributed by atoms with Crippen LogP contribution in [0.4, 0.5) is 0 Å². The van der Waals surface area contributed by atoms with Gasteiger partial charge in [0.05, 0.1) is 0 Å². The zero-order valence-electron chi connectivity index (χ0n) is 14.1. The first-order valence-electron chi connectivity index (χ1n) is 8.86. The second kappa shape index (κ2) is 7.51. The van der Waals surface area contributed by atoms with Crippen LogP contribution in [0.2, 0.25) is 0 Å². The molecule has 0 amide bonds. The summed E-state index contributed by atoms with van der Waals surface area (Å²) in [5.74, 6) is 0. The molecule has 4 rings (SSSR count). The van der Waals surface area contributed by atoms with E-state index < -0.39 is 0 Å². The average Bonchev–Trinajstić information content (AvgIpc) is 3.33. The Morgan fingerprint density at radius 1 is 0.640 bits per heavy atom. The van der Waals surface area contributed by atoms with Gasteiger partial charge in [0.25, 0.3) is 0 Å². The highest BCUT2D eigenvalue weighted by molar-refractivity contribution is 5.52. The van der Waals surface area contributed by atoms with Gasteiger partial charge in [-0.3, -0.25) is 0 Å². The van der Waals surface area contributed by atoms with Crippen LogP contribution in [0.25, 0.3) is 0 Å².